The van der Waals surface area contributed by atoms with Crippen molar-refractivity contribution in [3.8, 4) is 0 Å². The molecule has 3 heteroatoms. The zero-order valence-corrected chi connectivity index (χ0v) is 13.7. The van der Waals surface area contributed by atoms with Gasteiger partial charge in [-0.25, -0.2) is 0 Å². The number of pyridine rings is 1. The molecule has 1 aromatic heterocycles. The first-order valence-electron chi connectivity index (χ1n) is 7.50. The highest BCUT2D eigenvalue weighted by Gasteiger charge is 2.15. The van der Waals surface area contributed by atoms with E-state index >= 15 is 0 Å². The van der Waals surface area contributed by atoms with E-state index in [1.165, 1.54) is 16.7 Å². The largest absolute Gasteiger partial charge is 0.310 e. The number of hydrogen-bond acceptors (Lipinski definition) is 2. The fourth-order valence-electron chi connectivity index (χ4n) is 2.70. The summed E-state index contributed by atoms with van der Waals surface area (Å²) < 4.78 is 0. The molecule has 1 atom stereocenters. The van der Waals surface area contributed by atoms with Crippen molar-refractivity contribution in [3.05, 3.63) is 63.9 Å². The van der Waals surface area contributed by atoms with E-state index in [1.807, 2.05) is 12.3 Å². The van der Waals surface area contributed by atoms with Crippen molar-refractivity contribution in [1.29, 1.82) is 0 Å². The number of benzene rings is 1. The Hall–Kier alpha value is -1.38. The predicted molar refractivity (Wildman–Crippen MR) is 89.9 cm³/mol. The standard InChI is InChI=1S/C18H23ClN2/c1-4-6-21-18(16-5-7-20-12-17(16)19)11-15-9-13(2)8-14(3)10-15/h5,7-10,12,18,21H,4,6,11H2,1-3H3. The van der Waals surface area contributed by atoms with Crippen LogP contribution >= 0.6 is 11.6 Å². The van der Waals surface area contributed by atoms with Gasteiger partial charge in [0.25, 0.3) is 0 Å². The van der Waals surface area contributed by atoms with Crippen molar-refractivity contribution in [2.24, 2.45) is 0 Å². The molecule has 0 radical (unpaired) electrons. The maximum Gasteiger partial charge on any atom is 0.0637 e. The third-order valence-electron chi connectivity index (χ3n) is 3.54. The molecule has 2 aromatic rings. The van der Waals surface area contributed by atoms with E-state index in [4.69, 9.17) is 11.6 Å². The van der Waals surface area contributed by atoms with Crippen LogP contribution in [0.3, 0.4) is 0 Å². The highest BCUT2D eigenvalue weighted by molar-refractivity contribution is 6.31. The molecule has 1 heterocycles. The van der Waals surface area contributed by atoms with Crippen LogP contribution in [0.5, 0.6) is 0 Å². The first-order valence-corrected chi connectivity index (χ1v) is 7.88. The molecule has 1 unspecified atom stereocenters. The molecule has 0 aliphatic carbocycles. The number of hydrogen-bond donors (Lipinski definition) is 1. The van der Waals surface area contributed by atoms with Crippen LogP contribution in [0, 0.1) is 13.8 Å². The van der Waals surface area contributed by atoms with Crippen molar-refractivity contribution >= 4 is 11.6 Å². The highest BCUT2D eigenvalue weighted by atomic mass is 35.5. The van der Waals surface area contributed by atoms with E-state index < -0.39 is 0 Å². The van der Waals surface area contributed by atoms with Crippen molar-refractivity contribution in [2.75, 3.05) is 6.54 Å². The molecule has 1 aromatic carbocycles. The van der Waals surface area contributed by atoms with Gasteiger partial charge in [0.15, 0.2) is 0 Å². The Morgan fingerprint density at radius 1 is 1.19 bits per heavy atom. The maximum atomic E-state index is 6.32. The summed E-state index contributed by atoms with van der Waals surface area (Å²) in [5.74, 6) is 0. The summed E-state index contributed by atoms with van der Waals surface area (Å²) in [6.07, 6.45) is 5.57. The minimum absolute atomic E-state index is 0.224. The van der Waals surface area contributed by atoms with Gasteiger partial charge in [0.1, 0.15) is 0 Å². The van der Waals surface area contributed by atoms with E-state index in [0.717, 1.165) is 30.0 Å². The Morgan fingerprint density at radius 3 is 2.52 bits per heavy atom. The number of halogens is 1. The lowest BCUT2D eigenvalue weighted by Crippen LogP contribution is -2.24. The van der Waals surface area contributed by atoms with Gasteiger partial charge in [0.2, 0.25) is 0 Å². The third kappa shape index (κ3) is 4.55. The minimum atomic E-state index is 0.224. The Labute approximate surface area is 132 Å². The van der Waals surface area contributed by atoms with Gasteiger partial charge in [-0.3, -0.25) is 4.98 Å². The van der Waals surface area contributed by atoms with Crippen molar-refractivity contribution in [2.45, 2.75) is 39.7 Å². The van der Waals surface area contributed by atoms with Gasteiger partial charge < -0.3 is 5.32 Å². The molecule has 0 aliphatic heterocycles. The summed E-state index contributed by atoms with van der Waals surface area (Å²) in [7, 11) is 0. The number of aromatic nitrogens is 1. The molecule has 0 amide bonds. The topological polar surface area (TPSA) is 24.9 Å². The van der Waals surface area contributed by atoms with Crippen molar-refractivity contribution < 1.29 is 0 Å². The molecule has 0 fully saturated rings. The zero-order chi connectivity index (χ0) is 15.2. The van der Waals surface area contributed by atoms with Crippen LogP contribution in [-0.2, 0) is 6.42 Å². The molecule has 0 saturated carbocycles. The monoisotopic (exact) mass is 302 g/mol. The normalized spacial score (nSPS) is 12.4. The van der Waals surface area contributed by atoms with E-state index in [1.54, 1.807) is 6.20 Å². The molecule has 2 rings (SSSR count). The summed E-state index contributed by atoms with van der Waals surface area (Å²) in [6.45, 7) is 7.44. The van der Waals surface area contributed by atoms with E-state index in [9.17, 15) is 0 Å². The first kappa shape index (κ1) is 16.0. The predicted octanol–water partition coefficient (Wildman–Crippen LogP) is 4.64. The summed E-state index contributed by atoms with van der Waals surface area (Å²) in [5, 5.41) is 4.33. The van der Waals surface area contributed by atoms with Gasteiger partial charge in [0.05, 0.1) is 5.02 Å². The van der Waals surface area contributed by atoms with Gasteiger partial charge in [-0.2, -0.15) is 0 Å². The summed E-state index contributed by atoms with van der Waals surface area (Å²) in [5.41, 5.74) is 5.08. The van der Waals surface area contributed by atoms with Crippen LogP contribution in [0.25, 0.3) is 0 Å². The molecule has 1 N–H and O–H groups in total. The van der Waals surface area contributed by atoms with Crippen LogP contribution in [0.15, 0.2) is 36.7 Å². The minimum Gasteiger partial charge on any atom is -0.310 e. The van der Waals surface area contributed by atoms with E-state index in [0.29, 0.717) is 0 Å². The molecule has 0 aliphatic rings. The fraction of sp³-hybridized carbons (Fsp3) is 0.389. The SMILES string of the molecule is CCCNC(Cc1cc(C)cc(C)c1)c1ccncc1Cl. The Bertz CT molecular complexity index is 575. The highest BCUT2D eigenvalue weighted by Crippen LogP contribution is 2.25. The third-order valence-corrected chi connectivity index (χ3v) is 3.86. The Balaban J connectivity index is 2.26. The summed E-state index contributed by atoms with van der Waals surface area (Å²) in [6, 6.07) is 8.95. The molecular weight excluding hydrogens is 280 g/mol. The number of nitrogens with one attached hydrogen (secondary N) is 1. The van der Waals surface area contributed by atoms with E-state index in [-0.39, 0.29) is 6.04 Å². The van der Waals surface area contributed by atoms with Crippen LogP contribution < -0.4 is 5.32 Å². The van der Waals surface area contributed by atoms with Crippen LogP contribution in [0.2, 0.25) is 5.02 Å². The number of rotatable bonds is 6. The second-order valence-corrected chi connectivity index (χ2v) is 6.01. The average Bonchev–Trinajstić information content (AvgIpc) is 2.43. The van der Waals surface area contributed by atoms with Crippen LogP contribution in [0.1, 0.15) is 41.6 Å². The van der Waals surface area contributed by atoms with Gasteiger partial charge in [-0.05, 0) is 50.4 Å². The molecule has 0 saturated heterocycles. The fourth-order valence-corrected chi connectivity index (χ4v) is 2.95. The Morgan fingerprint density at radius 2 is 1.90 bits per heavy atom. The number of aryl methyl sites for hydroxylation is 2. The molecule has 21 heavy (non-hydrogen) atoms. The van der Waals surface area contributed by atoms with Gasteiger partial charge in [-0.15, -0.1) is 0 Å². The zero-order valence-electron chi connectivity index (χ0n) is 13.0. The lowest BCUT2D eigenvalue weighted by Gasteiger charge is -2.20. The quantitative estimate of drug-likeness (QED) is 0.841. The van der Waals surface area contributed by atoms with Crippen LogP contribution in [-0.4, -0.2) is 11.5 Å². The Kier molecular flexibility index (Phi) is 5.77. The summed E-state index contributed by atoms with van der Waals surface area (Å²) in [4.78, 5) is 4.08. The second-order valence-electron chi connectivity index (χ2n) is 5.60. The van der Waals surface area contributed by atoms with Gasteiger partial charge in [-0.1, -0.05) is 47.9 Å². The average molecular weight is 303 g/mol. The second kappa shape index (κ2) is 7.58. The molecule has 2 nitrogen and oxygen atoms in total. The first-order chi connectivity index (χ1) is 10.1. The van der Waals surface area contributed by atoms with Crippen LogP contribution in [0.4, 0.5) is 0 Å². The lowest BCUT2D eigenvalue weighted by molar-refractivity contribution is 0.529. The summed E-state index contributed by atoms with van der Waals surface area (Å²) >= 11 is 6.32. The lowest BCUT2D eigenvalue weighted by atomic mass is 9.97. The van der Waals surface area contributed by atoms with Gasteiger partial charge >= 0.3 is 0 Å². The number of nitrogens with zero attached hydrogens (tertiary/aromatic N) is 1. The molecule has 0 bridgehead atoms. The molecular formula is C18H23ClN2. The van der Waals surface area contributed by atoms with Crippen molar-refractivity contribution in [3.63, 3.8) is 0 Å². The maximum absolute atomic E-state index is 6.32. The molecule has 0 spiro atoms. The van der Waals surface area contributed by atoms with Gasteiger partial charge in [0, 0.05) is 18.4 Å². The molecule has 112 valence electrons. The smallest absolute Gasteiger partial charge is 0.0637 e. The van der Waals surface area contributed by atoms with E-state index in [2.05, 4.69) is 49.3 Å². The van der Waals surface area contributed by atoms with Crippen molar-refractivity contribution in [1.82, 2.24) is 10.3 Å².